The van der Waals surface area contributed by atoms with Gasteiger partial charge in [-0.05, 0) is 49.1 Å². The highest BCUT2D eigenvalue weighted by Crippen LogP contribution is 2.37. The molecule has 0 amide bonds. The van der Waals surface area contributed by atoms with E-state index in [1.165, 1.54) is 11.1 Å². The summed E-state index contributed by atoms with van der Waals surface area (Å²) in [6.07, 6.45) is 4.77. The smallest absolute Gasteiger partial charge is 0.306 e. The van der Waals surface area contributed by atoms with Gasteiger partial charge in [0.1, 0.15) is 0 Å². The minimum Gasteiger partial charge on any atom is -0.481 e. The van der Waals surface area contributed by atoms with Crippen molar-refractivity contribution in [3.63, 3.8) is 0 Å². The third-order valence-electron chi connectivity index (χ3n) is 3.95. The van der Waals surface area contributed by atoms with Gasteiger partial charge in [0.05, 0.1) is 5.92 Å². The number of aliphatic carboxylic acids is 1. The van der Waals surface area contributed by atoms with Crippen molar-refractivity contribution in [1.29, 1.82) is 0 Å². The summed E-state index contributed by atoms with van der Waals surface area (Å²) < 4.78 is 0. The van der Waals surface area contributed by atoms with Gasteiger partial charge in [0.25, 0.3) is 0 Å². The van der Waals surface area contributed by atoms with Crippen molar-refractivity contribution < 1.29 is 9.90 Å². The zero-order chi connectivity index (χ0) is 12.3. The molecule has 0 heterocycles. The lowest BCUT2D eigenvalue weighted by Gasteiger charge is -2.27. The Morgan fingerprint density at radius 2 is 1.88 bits per heavy atom. The quantitative estimate of drug-likeness (QED) is 0.864. The maximum atomic E-state index is 10.9. The van der Waals surface area contributed by atoms with Crippen molar-refractivity contribution in [3.8, 4) is 0 Å². The molecule has 2 nitrogen and oxygen atoms in total. The van der Waals surface area contributed by atoms with E-state index < -0.39 is 5.97 Å². The Bertz CT molecular complexity index is 390. The zero-order valence-electron chi connectivity index (χ0n) is 10.4. The van der Waals surface area contributed by atoms with Crippen molar-refractivity contribution in [3.05, 3.63) is 35.4 Å². The number of aryl methyl sites for hydroxylation is 1. The van der Waals surface area contributed by atoms with Crippen LogP contribution >= 0.6 is 0 Å². The third-order valence-corrected chi connectivity index (χ3v) is 3.95. The number of benzene rings is 1. The normalized spacial score (nSPS) is 24.5. The maximum absolute atomic E-state index is 10.9. The van der Waals surface area contributed by atoms with E-state index in [-0.39, 0.29) is 5.92 Å². The number of carboxylic acids is 1. The first-order valence-corrected chi connectivity index (χ1v) is 6.53. The minimum absolute atomic E-state index is 0.111. The lowest BCUT2D eigenvalue weighted by Crippen LogP contribution is -2.21. The Morgan fingerprint density at radius 1 is 1.24 bits per heavy atom. The summed E-state index contributed by atoms with van der Waals surface area (Å²) in [6, 6.07) is 8.59. The van der Waals surface area contributed by atoms with Crippen LogP contribution in [-0.4, -0.2) is 11.1 Å². The van der Waals surface area contributed by atoms with Gasteiger partial charge in [0, 0.05) is 0 Å². The van der Waals surface area contributed by atoms with Crippen LogP contribution in [0.1, 0.15) is 49.7 Å². The lowest BCUT2D eigenvalue weighted by molar-refractivity contribution is -0.142. The fraction of sp³-hybridized carbons (Fsp3) is 0.533. The predicted octanol–water partition coefficient (Wildman–Crippen LogP) is 3.61. The maximum Gasteiger partial charge on any atom is 0.306 e. The fourth-order valence-corrected chi connectivity index (χ4v) is 2.91. The number of carbonyl (C=O) groups is 1. The molecule has 1 aromatic carbocycles. The summed E-state index contributed by atoms with van der Waals surface area (Å²) in [7, 11) is 0. The summed E-state index contributed by atoms with van der Waals surface area (Å²) in [5.41, 5.74) is 2.87. The Hall–Kier alpha value is -1.31. The van der Waals surface area contributed by atoms with Crippen molar-refractivity contribution in [2.24, 2.45) is 5.92 Å². The van der Waals surface area contributed by atoms with E-state index in [1.807, 2.05) is 0 Å². The van der Waals surface area contributed by atoms with Crippen molar-refractivity contribution in [2.45, 2.75) is 44.9 Å². The van der Waals surface area contributed by atoms with Gasteiger partial charge in [-0.1, -0.05) is 31.2 Å². The Balaban J connectivity index is 2.07. The van der Waals surface area contributed by atoms with Crippen LogP contribution in [0.2, 0.25) is 0 Å². The van der Waals surface area contributed by atoms with Crippen LogP contribution in [-0.2, 0) is 11.2 Å². The molecule has 0 spiro atoms. The first-order valence-electron chi connectivity index (χ1n) is 6.53. The van der Waals surface area contributed by atoms with Crippen LogP contribution in [0.3, 0.4) is 0 Å². The number of rotatable bonds is 3. The summed E-state index contributed by atoms with van der Waals surface area (Å²) in [4.78, 5) is 10.9. The Labute approximate surface area is 103 Å². The molecular weight excluding hydrogens is 212 g/mol. The van der Waals surface area contributed by atoms with E-state index in [0.717, 1.165) is 32.1 Å². The molecule has 92 valence electrons. The monoisotopic (exact) mass is 232 g/mol. The van der Waals surface area contributed by atoms with E-state index in [2.05, 4.69) is 31.2 Å². The first kappa shape index (κ1) is 12.2. The van der Waals surface area contributed by atoms with E-state index in [0.29, 0.717) is 5.92 Å². The molecule has 17 heavy (non-hydrogen) atoms. The molecule has 0 saturated heterocycles. The number of hydrogen-bond acceptors (Lipinski definition) is 1. The molecule has 0 atom stereocenters. The highest BCUT2D eigenvalue weighted by atomic mass is 16.4. The van der Waals surface area contributed by atoms with Gasteiger partial charge in [0.15, 0.2) is 0 Å². The molecule has 0 radical (unpaired) electrons. The molecular formula is C15H20O2. The summed E-state index contributed by atoms with van der Waals surface area (Å²) in [5.74, 6) is -0.158. The molecule has 0 unspecified atom stereocenters. The van der Waals surface area contributed by atoms with Crippen molar-refractivity contribution in [2.75, 3.05) is 0 Å². The average molecular weight is 232 g/mol. The summed E-state index contributed by atoms with van der Waals surface area (Å²) in [6.45, 7) is 2.18. The van der Waals surface area contributed by atoms with E-state index in [4.69, 9.17) is 5.11 Å². The van der Waals surface area contributed by atoms with Crippen LogP contribution in [0.25, 0.3) is 0 Å². The summed E-state index contributed by atoms with van der Waals surface area (Å²) in [5, 5.41) is 9.00. The SMILES string of the molecule is CCc1ccccc1C1CCC(C(=O)O)CC1. The Kier molecular flexibility index (Phi) is 3.82. The molecule has 1 aromatic rings. The van der Waals surface area contributed by atoms with Crippen molar-refractivity contribution in [1.82, 2.24) is 0 Å². The van der Waals surface area contributed by atoms with Gasteiger partial charge in [-0.15, -0.1) is 0 Å². The fourth-order valence-electron chi connectivity index (χ4n) is 2.91. The minimum atomic E-state index is -0.618. The van der Waals surface area contributed by atoms with Gasteiger partial charge < -0.3 is 5.11 Å². The Morgan fingerprint density at radius 3 is 2.47 bits per heavy atom. The molecule has 2 rings (SSSR count). The molecule has 1 N–H and O–H groups in total. The summed E-state index contributed by atoms with van der Waals surface area (Å²) >= 11 is 0. The van der Waals surface area contributed by atoms with Crippen LogP contribution in [0.4, 0.5) is 0 Å². The van der Waals surface area contributed by atoms with Crippen LogP contribution in [0, 0.1) is 5.92 Å². The molecule has 1 aliphatic rings. The van der Waals surface area contributed by atoms with Gasteiger partial charge in [-0.3, -0.25) is 4.79 Å². The second kappa shape index (κ2) is 5.35. The van der Waals surface area contributed by atoms with E-state index in [1.54, 1.807) is 0 Å². The van der Waals surface area contributed by atoms with E-state index in [9.17, 15) is 4.79 Å². The standard InChI is InChI=1S/C15H20O2/c1-2-11-5-3-4-6-14(11)12-7-9-13(10-8-12)15(16)17/h3-6,12-13H,2,7-10H2,1H3,(H,16,17). The number of carboxylic acid groups (broad SMARTS) is 1. The molecule has 2 heteroatoms. The van der Waals surface area contributed by atoms with Gasteiger partial charge >= 0.3 is 5.97 Å². The highest BCUT2D eigenvalue weighted by Gasteiger charge is 2.27. The third kappa shape index (κ3) is 2.68. The molecule has 0 bridgehead atoms. The largest absolute Gasteiger partial charge is 0.481 e. The van der Waals surface area contributed by atoms with Crippen LogP contribution < -0.4 is 0 Å². The second-order valence-electron chi connectivity index (χ2n) is 4.94. The van der Waals surface area contributed by atoms with Gasteiger partial charge in [-0.2, -0.15) is 0 Å². The van der Waals surface area contributed by atoms with E-state index >= 15 is 0 Å². The lowest BCUT2D eigenvalue weighted by atomic mass is 9.77. The predicted molar refractivity (Wildman–Crippen MR) is 68.2 cm³/mol. The number of hydrogen-bond donors (Lipinski definition) is 1. The van der Waals surface area contributed by atoms with Gasteiger partial charge in [0.2, 0.25) is 0 Å². The molecule has 0 aliphatic heterocycles. The average Bonchev–Trinajstić information content (AvgIpc) is 2.39. The highest BCUT2D eigenvalue weighted by molar-refractivity contribution is 5.70. The molecule has 1 saturated carbocycles. The van der Waals surface area contributed by atoms with Crippen LogP contribution in [0.15, 0.2) is 24.3 Å². The van der Waals surface area contributed by atoms with Crippen LogP contribution in [0.5, 0.6) is 0 Å². The second-order valence-corrected chi connectivity index (χ2v) is 4.94. The molecule has 0 aromatic heterocycles. The molecule has 1 fully saturated rings. The van der Waals surface area contributed by atoms with Crippen molar-refractivity contribution >= 4 is 5.97 Å². The first-order chi connectivity index (χ1) is 8.22. The topological polar surface area (TPSA) is 37.3 Å². The zero-order valence-corrected chi connectivity index (χ0v) is 10.4. The molecule has 1 aliphatic carbocycles. The van der Waals surface area contributed by atoms with Gasteiger partial charge in [-0.25, -0.2) is 0 Å².